The minimum Gasteiger partial charge on any atom is -0.265 e. The highest BCUT2D eigenvalue weighted by atomic mass is 32.1. The summed E-state index contributed by atoms with van der Waals surface area (Å²) >= 11 is 4.90. The van der Waals surface area contributed by atoms with Crippen LogP contribution in [0.25, 0.3) is 0 Å². The smallest absolute Gasteiger partial charge is 0.265 e. The number of H-pyrrole nitrogens is 1. The summed E-state index contributed by atoms with van der Waals surface area (Å²) in [6.45, 7) is 1.50. The van der Waals surface area contributed by atoms with Gasteiger partial charge in [0.1, 0.15) is 5.69 Å². The number of aromatic nitrogens is 3. The van der Waals surface area contributed by atoms with Crippen molar-refractivity contribution in [3.63, 3.8) is 0 Å². The van der Waals surface area contributed by atoms with Crippen molar-refractivity contribution < 1.29 is 4.92 Å². The van der Waals surface area contributed by atoms with Crippen LogP contribution in [0.2, 0.25) is 0 Å². The van der Waals surface area contributed by atoms with Crippen molar-refractivity contribution in [3.05, 3.63) is 60.8 Å². The molecule has 0 saturated heterocycles. The number of nitro benzene ring substituents is 1. The van der Waals surface area contributed by atoms with Gasteiger partial charge in [-0.2, -0.15) is 14.9 Å². The van der Waals surface area contributed by atoms with E-state index in [9.17, 15) is 14.9 Å². The van der Waals surface area contributed by atoms with Crippen LogP contribution in [0, 0.1) is 21.8 Å². The van der Waals surface area contributed by atoms with Gasteiger partial charge in [0, 0.05) is 6.07 Å². The molecule has 0 saturated carbocycles. The third-order valence-electron chi connectivity index (χ3n) is 2.46. The van der Waals surface area contributed by atoms with E-state index in [4.69, 9.17) is 12.2 Å². The van der Waals surface area contributed by atoms with E-state index < -0.39 is 10.5 Å². The van der Waals surface area contributed by atoms with Gasteiger partial charge in [-0.15, -0.1) is 0 Å². The lowest BCUT2D eigenvalue weighted by molar-refractivity contribution is -0.385. The topological polar surface area (TPSA) is 106 Å². The van der Waals surface area contributed by atoms with Crippen LogP contribution in [0.3, 0.4) is 0 Å². The second-order valence-electron chi connectivity index (χ2n) is 3.79. The monoisotopic (exact) mass is 291 g/mol. The standard InChI is InChI=1S/C11H9N5O3S/c1-7-10(17)15(11(20)14-13-7)12-6-8-4-2-3-5-9(8)16(18)19/h2-6H,1H3,(H,14,20). The molecule has 8 nitrogen and oxygen atoms in total. The Hall–Kier alpha value is -2.68. The first-order valence-corrected chi connectivity index (χ1v) is 5.87. The minimum atomic E-state index is -0.525. The maximum Gasteiger partial charge on any atom is 0.296 e. The Balaban J connectivity index is 2.51. The zero-order valence-electron chi connectivity index (χ0n) is 10.3. The zero-order valence-corrected chi connectivity index (χ0v) is 11.1. The number of rotatable bonds is 3. The summed E-state index contributed by atoms with van der Waals surface area (Å²) in [5.74, 6) is 0. The lowest BCUT2D eigenvalue weighted by Crippen LogP contribution is -2.22. The SMILES string of the molecule is Cc1n[nH]c(=S)n(N=Cc2ccccc2[N+](=O)[O-])c1=O. The van der Waals surface area contributed by atoms with E-state index in [0.29, 0.717) is 0 Å². The van der Waals surface area contributed by atoms with Gasteiger partial charge in [-0.05, 0) is 25.2 Å². The number of benzene rings is 1. The number of nitrogens with zero attached hydrogens (tertiary/aromatic N) is 4. The van der Waals surface area contributed by atoms with Crippen LogP contribution in [0.5, 0.6) is 0 Å². The van der Waals surface area contributed by atoms with Crippen LogP contribution < -0.4 is 5.56 Å². The van der Waals surface area contributed by atoms with Crippen LogP contribution in [0.1, 0.15) is 11.3 Å². The fraction of sp³-hybridized carbons (Fsp3) is 0.0909. The highest BCUT2D eigenvalue weighted by Gasteiger charge is 2.10. The Labute approximate surface area is 117 Å². The molecule has 20 heavy (non-hydrogen) atoms. The molecular weight excluding hydrogens is 282 g/mol. The van der Waals surface area contributed by atoms with Crippen molar-refractivity contribution in [2.24, 2.45) is 5.10 Å². The van der Waals surface area contributed by atoms with Crippen molar-refractivity contribution in [1.29, 1.82) is 0 Å². The van der Waals surface area contributed by atoms with Crippen LogP contribution in [-0.2, 0) is 0 Å². The van der Waals surface area contributed by atoms with Gasteiger partial charge in [-0.25, -0.2) is 0 Å². The van der Waals surface area contributed by atoms with Gasteiger partial charge in [-0.1, -0.05) is 12.1 Å². The molecule has 0 aliphatic carbocycles. The average molecular weight is 291 g/mol. The number of para-hydroxylation sites is 1. The van der Waals surface area contributed by atoms with Crippen molar-refractivity contribution in [2.75, 3.05) is 0 Å². The summed E-state index contributed by atoms with van der Waals surface area (Å²) in [7, 11) is 0. The van der Waals surface area contributed by atoms with Gasteiger partial charge in [0.25, 0.3) is 11.2 Å². The molecule has 2 rings (SSSR count). The van der Waals surface area contributed by atoms with Gasteiger partial charge < -0.3 is 0 Å². The fourth-order valence-electron chi connectivity index (χ4n) is 1.46. The molecule has 1 aromatic carbocycles. The molecule has 0 bridgehead atoms. The normalized spacial score (nSPS) is 10.8. The second kappa shape index (κ2) is 5.53. The first kappa shape index (κ1) is 13.7. The first-order chi connectivity index (χ1) is 9.50. The predicted octanol–water partition coefficient (Wildman–Crippen LogP) is 1.40. The molecule has 0 aliphatic rings. The van der Waals surface area contributed by atoms with Gasteiger partial charge in [0.05, 0.1) is 16.7 Å². The largest absolute Gasteiger partial charge is 0.296 e. The Morgan fingerprint density at radius 2 is 2.20 bits per heavy atom. The molecule has 1 heterocycles. The number of hydrogen-bond acceptors (Lipinski definition) is 6. The number of nitrogens with one attached hydrogen (secondary N) is 1. The summed E-state index contributed by atoms with van der Waals surface area (Å²) in [6, 6.07) is 6.05. The molecule has 2 aromatic rings. The Bertz CT molecular complexity index is 808. The third-order valence-corrected chi connectivity index (χ3v) is 2.72. The summed E-state index contributed by atoms with van der Waals surface area (Å²) in [4.78, 5) is 22.1. The summed E-state index contributed by atoms with van der Waals surface area (Å²) < 4.78 is 0.935. The molecule has 0 spiro atoms. The van der Waals surface area contributed by atoms with Gasteiger partial charge >= 0.3 is 0 Å². The quantitative estimate of drug-likeness (QED) is 0.398. The highest BCUT2D eigenvalue weighted by Crippen LogP contribution is 2.15. The number of hydrogen-bond donors (Lipinski definition) is 1. The lowest BCUT2D eigenvalue weighted by atomic mass is 10.2. The van der Waals surface area contributed by atoms with Crippen molar-refractivity contribution in [3.8, 4) is 0 Å². The Morgan fingerprint density at radius 1 is 1.50 bits per heavy atom. The van der Waals surface area contributed by atoms with Crippen molar-refractivity contribution >= 4 is 24.1 Å². The van der Waals surface area contributed by atoms with E-state index in [2.05, 4.69) is 15.3 Å². The highest BCUT2D eigenvalue weighted by molar-refractivity contribution is 7.71. The van der Waals surface area contributed by atoms with E-state index in [-0.39, 0.29) is 21.7 Å². The van der Waals surface area contributed by atoms with Gasteiger partial charge in [0.15, 0.2) is 0 Å². The van der Waals surface area contributed by atoms with E-state index >= 15 is 0 Å². The maximum atomic E-state index is 11.8. The molecular formula is C11H9N5O3S. The van der Waals surface area contributed by atoms with E-state index in [1.807, 2.05) is 0 Å². The third kappa shape index (κ3) is 2.67. The average Bonchev–Trinajstić information content (AvgIpc) is 2.43. The van der Waals surface area contributed by atoms with Crippen LogP contribution in [0.4, 0.5) is 5.69 Å². The molecule has 0 fully saturated rings. The molecule has 9 heteroatoms. The van der Waals surface area contributed by atoms with E-state index in [1.165, 1.54) is 25.3 Å². The van der Waals surface area contributed by atoms with E-state index in [0.717, 1.165) is 4.68 Å². The fourth-order valence-corrected chi connectivity index (χ4v) is 1.64. The molecule has 1 N–H and O–H groups in total. The van der Waals surface area contributed by atoms with Crippen LogP contribution >= 0.6 is 12.2 Å². The van der Waals surface area contributed by atoms with Gasteiger partial charge in [0.2, 0.25) is 4.77 Å². The number of aromatic amines is 1. The summed E-state index contributed by atoms with van der Waals surface area (Å²) in [5, 5.41) is 20.9. The lowest BCUT2D eigenvalue weighted by Gasteiger charge is -1.99. The van der Waals surface area contributed by atoms with Crippen molar-refractivity contribution in [1.82, 2.24) is 14.9 Å². The van der Waals surface area contributed by atoms with Crippen LogP contribution in [0.15, 0.2) is 34.2 Å². The van der Waals surface area contributed by atoms with Crippen molar-refractivity contribution in [2.45, 2.75) is 6.92 Å². The molecule has 0 unspecified atom stereocenters. The molecule has 1 aromatic heterocycles. The molecule has 0 amide bonds. The Kier molecular flexibility index (Phi) is 3.80. The maximum absolute atomic E-state index is 11.8. The minimum absolute atomic E-state index is 0.00966. The van der Waals surface area contributed by atoms with Crippen LogP contribution in [-0.4, -0.2) is 26.0 Å². The Morgan fingerprint density at radius 3 is 2.90 bits per heavy atom. The second-order valence-corrected chi connectivity index (χ2v) is 4.18. The molecule has 102 valence electrons. The van der Waals surface area contributed by atoms with Gasteiger partial charge in [-0.3, -0.25) is 20.0 Å². The first-order valence-electron chi connectivity index (χ1n) is 5.47. The van der Waals surface area contributed by atoms with E-state index in [1.54, 1.807) is 12.1 Å². The molecule has 0 aliphatic heterocycles. The predicted molar refractivity (Wildman–Crippen MR) is 74.5 cm³/mol. The zero-order chi connectivity index (χ0) is 14.7. The summed E-state index contributed by atoms with van der Waals surface area (Å²) in [6.07, 6.45) is 1.21. The summed E-state index contributed by atoms with van der Waals surface area (Å²) in [5.41, 5.74) is -0.125. The molecule has 0 atom stereocenters. The number of aryl methyl sites for hydroxylation is 1. The number of nitro groups is 1. The molecule has 0 radical (unpaired) electrons.